The van der Waals surface area contributed by atoms with Gasteiger partial charge in [0.25, 0.3) is 0 Å². The third-order valence-electron chi connectivity index (χ3n) is 4.81. The van der Waals surface area contributed by atoms with E-state index in [9.17, 15) is 4.79 Å². The highest BCUT2D eigenvalue weighted by Crippen LogP contribution is 2.21. The Bertz CT molecular complexity index is 334. The number of nitrogens with one attached hydrogen (secondary N) is 1. The summed E-state index contributed by atoms with van der Waals surface area (Å²) in [7, 11) is 3.73. The second-order valence-corrected chi connectivity index (χ2v) is 6.62. The number of nitrogens with zero attached hydrogens (tertiary/aromatic N) is 3. The summed E-state index contributed by atoms with van der Waals surface area (Å²) in [4.78, 5) is 19.2. The Labute approximate surface area is 129 Å². The summed E-state index contributed by atoms with van der Waals surface area (Å²) in [5.74, 6) is 0.247. The number of hydrogen-bond donors (Lipinski definition) is 1. The molecule has 0 radical (unpaired) electrons. The smallest absolute Gasteiger partial charge is 0.240 e. The molecule has 2 unspecified atom stereocenters. The lowest BCUT2D eigenvalue weighted by Gasteiger charge is -2.41. The average Bonchev–Trinajstić information content (AvgIpc) is 2.72. The molecule has 122 valence electrons. The highest BCUT2D eigenvalue weighted by atomic mass is 16.2. The Hall–Kier alpha value is -0.650. The van der Waals surface area contributed by atoms with E-state index in [1.807, 2.05) is 14.1 Å². The average molecular weight is 296 g/mol. The van der Waals surface area contributed by atoms with Crippen molar-refractivity contribution in [3.63, 3.8) is 0 Å². The van der Waals surface area contributed by atoms with Gasteiger partial charge in [0.1, 0.15) is 6.04 Å². The molecular weight excluding hydrogens is 264 g/mol. The van der Waals surface area contributed by atoms with Crippen LogP contribution in [0.3, 0.4) is 0 Å². The normalized spacial score (nSPS) is 29.1. The summed E-state index contributed by atoms with van der Waals surface area (Å²) in [6.07, 6.45) is 4.94. The molecule has 21 heavy (non-hydrogen) atoms. The van der Waals surface area contributed by atoms with E-state index in [1.165, 1.54) is 45.3 Å². The molecule has 0 aromatic heterocycles. The predicted molar refractivity (Wildman–Crippen MR) is 86.4 cm³/mol. The van der Waals surface area contributed by atoms with Gasteiger partial charge in [-0.2, -0.15) is 0 Å². The molecule has 0 aliphatic carbocycles. The van der Waals surface area contributed by atoms with E-state index < -0.39 is 0 Å². The Morgan fingerprint density at radius 1 is 1.24 bits per heavy atom. The first-order valence-corrected chi connectivity index (χ1v) is 8.53. The van der Waals surface area contributed by atoms with Gasteiger partial charge in [-0.3, -0.25) is 9.69 Å². The molecule has 2 rings (SSSR count). The number of likely N-dealkylation sites (N-methyl/N-ethyl adjacent to an activating group) is 1. The number of carbonyl (C=O) groups excluding carboxylic acids is 1. The molecule has 1 N–H and O–H groups in total. The molecule has 1 amide bonds. The van der Waals surface area contributed by atoms with Crippen molar-refractivity contribution in [3.8, 4) is 0 Å². The fourth-order valence-corrected chi connectivity index (χ4v) is 3.69. The Morgan fingerprint density at radius 2 is 2.05 bits per heavy atom. The van der Waals surface area contributed by atoms with Gasteiger partial charge in [-0.25, -0.2) is 0 Å². The molecule has 0 bridgehead atoms. The summed E-state index contributed by atoms with van der Waals surface area (Å²) < 4.78 is 0. The van der Waals surface area contributed by atoms with Crippen LogP contribution in [0.15, 0.2) is 0 Å². The third kappa shape index (κ3) is 4.41. The van der Waals surface area contributed by atoms with Crippen LogP contribution in [0.25, 0.3) is 0 Å². The van der Waals surface area contributed by atoms with Crippen LogP contribution in [0.1, 0.15) is 32.6 Å². The molecule has 2 atom stereocenters. The Balaban J connectivity index is 1.98. The summed E-state index contributed by atoms with van der Waals surface area (Å²) in [5, 5.41) is 3.38. The zero-order valence-electron chi connectivity index (χ0n) is 14.0. The van der Waals surface area contributed by atoms with Crippen LogP contribution in [-0.4, -0.2) is 86.1 Å². The van der Waals surface area contributed by atoms with Crippen molar-refractivity contribution in [1.29, 1.82) is 0 Å². The number of hydrogen-bond acceptors (Lipinski definition) is 4. The minimum atomic E-state index is 0.0245. The minimum Gasteiger partial charge on any atom is -0.347 e. The van der Waals surface area contributed by atoms with Gasteiger partial charge in [-0.05, 0) is 45.3 Å². The molecule has 0 spiro atoms. The third-order valence-corrected chi connectivity index (χ3v) is 4.81. The van der Waals surface area contributed by atoms with Crippen LogP contribution in [0.5, 0.6) is 0 Å². The molecule has 5 nitrogen and oxygen atoms in total. The van der Waals surface area contributed by atoms with Crippen LogP contribution in [0.2, 0.25) is 0 Å². The topological polar surface area (TPSA) is 38.8 Å². The van der Waals surface area contributed by atoms with E-state index in [1.54, 1.807) is 4.90 Å². The number of piperazine rings is 1. The number of rotatable bonds is 4. The number of likely N-dealkylation sites (tertiary alicyclic amines) is 1. The van der Waals surface area contributed by atoms with Gasteiger partial charge in [0, 0.05) is 39.8 Å². The summed E-state index contributed by atoms with van der Waals surface area (Å²) >= 11 is 0. The maximum Gasteiger partial charge on any atom is 0.240 e. The molecule has 2 aliphatic heterocycles. The van der Waals surface area contributed by atoms with E-state index in [4.69, 9.17) is 0 Å². The molecule has 2 heterocycles. The maximum atomic E-state index is 12.4. The maximum absolute atomic E-state index is 12.4. The second-order valence-electron chi connectivity index (χ2n) is 6.62. The molecule has 2 saturated heterocycles. The van der Waals surface area contributed by atoms with Crippen LogP contribution in [-0.2, 0) is 4.79 Å². The first-order valence-electron chi connectivity index (χ1n) is 8.53. The SMILES string of the molecule is CCCN1CCCC(N2CCNCC2C(=O)N(C)C)CC1. The molecule has 0 aromatic rings. The summed E-state index contributed by atoms with van der Waals surface area (Å²) in [6.45, 7) is 8.69. The highest BCUT2D eigenvalue weighted by Gasteiger charge is 2.34. The van der Waals surface area contributed by atoms with Crippen molar-refractivity contribution in [2.24, 2.45) is 0 Å². The first-order chi connectivity index (χ1) is 10.1. The lowest BCUT2D eigenvalue weighted by Crippen LogP contribution is -2.60. The van der Waals surface area contributed by atoms with E-state index in [2.05, 4.69) is 22.0 Å². The number of amides is 1. The fourth-order valence-electron chi connectivity index (χ4n) is 3.69. The number of carbonyl (C=O) groups is 1. The van der Waals surface area contributed by atoms with Crippen molar-refractivity contribution in [2.75, 3.05) is 53.4 Å². The molecule has 0 saturated carbocycles. The van der Waals surface area contributed by atoms with E-state index >= 15 is 0 Å². The van der Waals surface area contributed by atoms with Crippen molar-refractivity contribution in [1.82, 2.24) is 20.0 Å². The Morgan fingerprint density at radius 3 is 2.76 bits per heavy atom. The predicted octanol–water partition coefficient (Wildman–Crippen LogP) is 0.613. The molecule has 5 heteroatoms. The van der Waals surface area contributed by atoms with E-state index in [-0.39, 0.29) is 11.9 Å². The molecule has 2 fully saturated rings. The summed E-state index contributed by atoms with van der Waals surface area (Å²) in [6, 6.07) is 0.597. The van der Waals surface area contributed by atoms with Crippen molar-refractivity contribution in [3.05, 3.63) is 0 Å². The van der Waals surface area contributed by atoms with Gasteiger partial charge >= 0.3 is 0 Å². The molecule has 2 aliphatic rings. The van der Waals surface area contributed by atoms with Gasteiger partial charge in [0.05, 0.1) is 0 Å². The first kappa shape index (κ1) is 16.7. The Kier molecular flexibility index (Phi) is 6.45. The minimum absolute atomic E-state index is 0.0245. The molecule has 0 aromatic carbocycles. The quantitative estimate of drug-likeness (QED) is 0.825. The van der Waals surface area contributed by atoms with Gasteiger partial charge in [-0.15, -0.1) is 0 Å². The zero-order valence-corrected chi connectivity index (χ0v) is 14.0. The van der Waals surface area contributed by atoms with Gasteiger partial charge in [0.2, 0.25) is 5.91 Å². The lowest BCUT2D eigenvalue weighted by atomic mass is 10.0. The van der Waals surface area contributed by atoms with Crippen molar-refractivity contribution in [2.45, 2.75) is 44.7 Å². The van der Waals surface area contributed by atoms with Crippen LogP contribution < -0.4 is 5.32 Å². The highest BCUT2D eigenvalue weighted by molar-refractivity contribution is 5.81. The lowest BCUT2D eigenvalue weighted by molar-refractivity contribution is -0.136. The van der Waals surface area contributed by atoms with Crippen molar-refractivity contribution < 1.29 is 4.79 Å². The van der Waals surface area contributed by atoms with Gasteiger partial charge in [-0.1, -0.05) is 6.92 Å². The van der Waals surface area contributed by atoms with E-state index in [0.717, 1.165) is 19.6 Å². The molecular formula is C16H32N4O. The van der Waals surface area contributed by atoms with Crippen LogP contribution in [0, 0.1) is 0 Å². The zero-order chi connectivity index (χ0) is 15.2. The van der Waals surface area contributed by atoms with Crippen LogP contribution >= 0.6 is 0 Å². The largest absolute Gasteiger partial charge is 0.347 e. The summed E-state index contributed by atoms with van der Waals surface area (Å²) in [5.41, 5.74) is 0. The van der Waals surface area contributed by atoms with Gasteiger partial charge in [0.15, 0.2) is 0 Å². The van der Waals surface area contributed by atoms with Gasteiger partial charge < -0.3 is 15.1 Å². The monoisotopic (exact) mass is 296 g/mol. The van der Waals surface area contributed by atoms with Crippen LogP contribution in [0.4, 0.5) is 0 Å². The second kappa shape index (κ2) is 8.11. The van der Waals surface area contributed by atoms with E-state index in [0.29, 0.717) is 6.04 Å². The van der Waals surface area contributed by atoms with Crippen molar-refractivity contribution >= 4 is 5.91 Å². The standard InChI is InChI=1S/C16H32N4O/c1-4-9-19-10-5-6-14(7-11-19)20-12-8-17-13-15(20)16(21)18(2)3/h14-15,17H,4-13H2,1-3H3. The fraction of sp³-hybridized carbons (Fsp3) is 0.938.